The average molecular weight is 190 g/mol. The molecule has 1 heterocycles. The fourth-order valence-electron chi connectivity index (χ4n) is 2.06. The lowest BCUT2D eigenvalue weighted by molar-refractivity contribution is 0.0741. The third-order valence-electron chi connectivity index (χ3n) is 2.75. The van der Waals surface area contributed by atoms with Crippen LogP contribution >= 0.6 is 0 Å². The van der Waals surface area contributed by atoms with Gasteiger partial charge in [0.1, 0.15) is 0 Å². The van der Waals surface area contributed by atoms with Crippen LogP contribution in [0.1, 0.15) is 28.9 Å². The number of rotatable bonds is 2. The Balaban J connectivity index is 2.48. The molecule has 0 saturated heterocycles. The van der Waals surface area contributed by atoms with E-state index in [4.69, 9.17) is 5.73 Å². The monoisotopic (exact) mass is 190 g/mol. The smallest absolute Gasteiger partial charge is 0.254 e. The van der Waals surface area contributed by atoms with Crippen LogP contribution in [0, 0.1) is 0 Å². The van der Waals surface area contributed by atoms with Crippen molar-refractivity contribution in [1.82, 2.24) is 4.90 Å². The lowest BCUT2D eigenvalue weighted by Gasteiger charge is -2.21. The third-order valence-corrected chi connectivity index (χ3v) is 2.75. The molecule has 2 rings (SSSR count). The van der Waals surface area contributed by atoms with Gasteiger partial charge >= 0.3 is 0 Å². The first-order chi connectivity index (χ1) is 6.79. The second-order valence-electron chi connectivity index (χ2n) is 3.43. The van der Waals surface area contributed by atoms with Gasteiger partial charge in [-0.05, 0) is 18.6 Å². The fourth-order valence-corrected chi connectivity index (χ4v) is 2.06. The third kappa shape index (κ3) is 1.13. The summed E-state index contributed by atoms with van der Waals surface area (Å²) >= 11 is 0. The number of amides is 1. The van der Waals surface area contributed by atoms with Gasteiger partial charge in [0.05, 0.1) is 6.04 Å². The molecular formula is C11H14N2O. The Bertz CT molecular complexity index is 362. The topological polar surface area (TPSA) is 46.3 Å². The fraction of sp³-hybridized carbons (Fsp3) is 0.364. The molecule has 3 heteroatoms. The average Bonchev–Trinajstić information content (AvgIpc) is 2.51. The van der Waals surface area contributed by atoms with Gasteiger partial charge in [-0.2, -0.15) is 0 Å². The van der Waals surface area contributed by atoms with E-state index in [-0.39, 0.29) is 11.9 Å². The normalized spacial score (nSPS) is 20.0. The maximum Gasteiger partial charge on any atom is 0.254 e. The zero-order valence-corrected chi connectivity index (χ0v) is 8.23. The second-order valence-corrected chi connectivity index (χ2v) is 3.43. The second kappa shape index (κ2) is 3.42. The van der Waals surface area contributed by atoms with E-state index in [9.17, 15) is 4.79 Å². The van der Waals surface area contributed by atoms with Crippen molar-refractivity contribution in [2.24, 2.45) is 5.73 Å². The molecule has 1 atom stereocenters. The molecule has 0 aliphatic carbocycles. The molecule has 1 amide bonds. The van der Waals surface area contributed by atoms with Gasteiger partial charge in [-0.25, -0.2) is 0 Å². The molecule has 0 aromatic heterocycles. The predicted octanol–water partition coefficient (Wildman–Crippen LogP) is 1.16. The molecule has 0 spiro atoms. The number of benzene rings is 1. The van der Waals surface area contributed by atoms with Crippen LogP contribution in [0.4, 0.5) is 0 Å². The molecular weight excluding hydrogens is 176 g/mol. The van der Waals surface area contributed by atoms with Crippen molar-refractivity contribution in [3.63, 3.8) is 0 Å². The Morgan fingerprint density at radius 2 is 2.14 bits per heavy atom. The highest BCUT2D eigenvalue weighted by Gasteiger charge is 2.33. The Morgan fingerprint density at radius 3 is 2.79 bits per heavy atom. The van der Waals surface area contributed by atoms with Crippen molar-refractivity contribution in [1.29, 1.82) is 0 Å². The van der Waals surface area contributed by atoms with Gasteiger partial charge in [-0.1, -0.05) is 18.2 Å². The Hall–Kier alpha value is -1.35. The van der Waals surface area contributed by atoms with Crippen LogP contribution in [-0.2, 0) is 0 Å². The summed E-state index contributed by atoms with van der Waals surface area (Å²) in [6.07, 6.45) is 0. The number of carbonyl (C=O) groups is 1. The first-order valence-corrected chi connectivity index (χ1v) is 4.89. The Labute approximate surface area is 83.5 Å². The van der Waals surface area contributed by atoms with Crippen LogP contribution in [0.5, 0.6) is 0 Å². The number of fused-ring (bicyclic) bond motifs is 1. The summed E-state index contributed by atoms with van der Waals surface area (Å²) in [6.45, 7) is 3.19. The molecule has 0 bridgehead atoms. The Morgan fingerprint density at radius 1 is 1.43 bits per heavy atom. The van der Waals surface area contributed by atoms with E-state index >= 15 is 0 Å². The lowest BCUT2D eigenvalue weighted by Crippen LogP contribution is -2.31. The van der Waals surface area contributed by atoms with Crippen LogP contribution in [0.3, 0.4) is 0 Å². The van der Waals surface area contributed by atoms with Crippen molar-refractivity contribution >= 4 is 5.91 Å². The standard InChI is InChI=1S/C11H14N2O/c1-2-13-10(7-12)8-5-3-4-6-9(8)11(13)14/h3-6,10H,2,7,12H2,1H3. The number of hydrogen-bond donors (Lipinski definition) is 1. The first kappa shape index (κ1) is 9.21. The molecule has 1 aromatic rings. The van der Waals surface area contributed by atoms with Crippen LogP contribution in [0.25, 0.3) is 0 Å². The lowest BCUT2D eigenvalue weighted by atomic mass is 10.1. The number of hydrogen-bond acceptors (Lipinski definition) is 2. The van der Waals surface area contributed by atoms with E-state index in [2.05, 4.69) is 0 Å². The van der Waals surface area contributed by atoms with Crippen LogP contribution in [-0.4, -0.2) is 23.9 Å². The van der Waals surface area contributed by atoms with E-state index in [1.165, 1.54) is 0 Å². The number of likely N-dealkylation sites (N-methyl/N-ethyl adjacent to an activating group) is 1. The van der Waals surface area contributed by atoms with E-state index in [1.54, 1.807) is 0 Å². The molecule has 1 aliphatic rings. The molecule has 1 aromatic carbocycles. The quantitative estimate of drug-likeness (QED) is 0.760. The van der Waals surface area contributed by atoms with Crippen LogP contribution < -0.4 is 5.73 Å². The van der Waals surface area contributed by atoms with Gasteiger partial charge in [0.2, 0.25) is 0 Å². The zero-order chi connectivity index (χ0) is 10.1. The highest BCUT2D eigenvalue weighted by Crippen LogP contribution is 2.31. The van der Waals surface area contributed by atoms with Gasteiger partial charge in [0.15, 0.2) is 0 Å². The Kier molecular flexibility index (Phi) is 2.25. The molecule has 2 N–H and O–H groups in total. The minimum Gasteiger partial charge on any atom is -0.331 e. The maximum absolute atomic E-state index is 11.9. The van der Waals surface area contributed by atoms with Crippen molar-refractivity contribution < 1.29 is 4.79 Å². The van der Waals surface area contributed by atoms with Gasteiger partial charge in [0.25, 0.3) is 5.91 Å². The molecule has 74 valence electrons. The zero-order valence-electron chi connectivity index (χ0n) is 8.23. The van der Waals surface area contributed by atoms with Gasteiger partial charge in [-0.3, -0.25) is 4.79 Å². The summed E-state index contributed by atoms with van der Waals surface area (Å²) in [6, 6.07) is 7.78. The van der Waals surface area contributed by atoms with Crippen LogP contribution in [0.2, 0.25) is 0 Å². The molecule has 1 unspecified atom stereocenters. The molecule has 0 saturated carbocycles. The molecule has 0 radical (unpaired) electrons. The van der Waals surface area contributed by atoms with Gasteiger partial charge in [-0.15, -0.1) is 0 Å². The first-order valence-electron chi connectivity index (χ1n) is 4.89. The molecule has 3 nitrogen and oxygen atoms in total. The summed E-state index contributed by atoms with van der Waals surface area (Å²) in [5.74, 6) is 0.110. The predicted molar refractivity (Wildman–Crippen MR) is 54.9 cm³/mol. The summed E-state index contributed by atoms with van der Waals surface area (Å²) in [7, 11) is 0. The highest BCUT2D eigenvalue weighted by atomic mass is 16.2. The van der Waals surface area contributed by atoms with Crippen molar-refractivity contribution in [2.45, 2.75) is 13.0 Å². The van der Waals surface area contributed by atoms with E-state index in [1.807, 2.05) is 36.1 Å². The minimum atomic E-state index is 0.0729. The molecule has 0 fully saturated rings. The van der Waals surface area contributed by atoms with E-state index < -0.39 is 0 Å². The molecule has 1 aliphatic heterocycles. The summed E-state index contributed by atoms with van der Waals surface area (Å²) in [4.78, 5) is 13.7. The van der Waals surface area contributed by atoms with Crippen molar-refractivity contribution in [3.05, 3.63) is 35.4 Å². The maximum atomic E-state index is 11.9. The van der Waals surface area contributed by atoms with Crippen LogP contribution in [0.15, 0.2) is 24.3 Å². The summed E-state index contributed by atoms with van der Waals surface area (Å²) < 4.78 is 0. The summed E-state index contributed by atoms with van der Waals surface area (Å²) in [5.41, 5.74) is 7.56. The van der Waals surface area contributed by atoms with Crippen molar-refractivity contribution in [3.8, 4) is 0 Å². The molecule has 14 heavy (non-hydrogen) atoms. The van der Waals surface area contributed by atoms with Crippen molar-refractivity contribution in [2.75, 3.05) is 13.1 Å². The minimum absolute atomic E-state index is 0.0729. The number of nitrogens with two attached hydrogens (primary N) is 1. The van der Waals surface area contributed by atoms with Gasteiger partial charge in [0, 0.05) is 18.7 Å². The SMILES string of the molecule is CCN1C(=O)c2ccccc2C1CN. The van der Waals surface area contributed by atoms with Gasteiger partial charge < -0.3 is 10.6 Å². The number of nitrogens with zero attached hydrogens (tertiary/aromatic N) is 1. The van der Waals surface area contributed by atoms with E-state index in [0.717, 1.165) is 17.7 Å². The number of carbonyl (C=O) groups excluding carboxylic acids is 1. The van der Waals surface area contributed by atoms with E-state index in [0.29, 0.717) is 6.54 Å². The summed E-state index contributed by atoms with van der Waals surface area (Å²) in [5, 5.41) is 0. The largest absolute Gasteiger partial charge is 0.331 e. The highest BCUT2D eigenvalue weighted by molar-refractivity contribution is 5.99.